The van der Waals surface area contributed by atoms with Crippen molar-refractivity contribution in [2.75, 3.05) is 26.4 Å². The van der Waals surface area contributed by atoms with Crippen LogP contribution >= 0.6 is 11.6 Å². The molecule has 0 unspecified atom stereocenters. The number of fused-ring (bicyclic) bond motifs is 1. The maximum atomic E-state index is 12.3. The van der Waals surface area contributed by atoms with Crippen molar-refractivity contribution in [1.82, 2.24) is 4.90 Å². The molecule has 1 atom stereocenters. The van der Waals surface area contributed by atoms with Crippen LogP contribution in [0.3, 0.4) is 0 Å². The summed E-state index contributed by atoms with van der Waals surface area (Å²) in [6.45, 7) is 2.79. The Morgan fingerprint density at radius 1 is 1.41 bits per heavy atom. The lowest BCUT2D eigenvalue weighted by atomic mass is 10.00. The topological polar surface area (TPSA) is 38.8 Å². The van der Waals surface area contributed by atoms with Crippen LogP contribution in [0, 0.1) is 0 Å². The molecule has 4 nitrogen and oxygen atoms in total. The maximum Gasteiger partial charge on any atom is 0.248 e. The average Bonchev–Trinajstić information content (AvgIpc) is 2.55. The quantitative estimate of drug-likeness (QED) is 0.855. The van der Waals surface area contributed by atoms with Gasteiger partial charge in [0, 0.05) is 24.7 Å². The van der Waals surface area contributed by atoms with Crippen LogP contribution in [0.1, 0.15) is 30.4 Å². The molecule has 1 fully saturated rings. The normalized spacial score (nSPS) is 21.5. The molecule has 0 aliphatic carbocycles. The number of carbonyl (C=O) groups is 1. The zero-order chi connectivity index (χ0) is 15.4. The van der Waals surface area contributed by atoms with Gasteiger partial charge in [0.05, 0.1) is 12.7 Å². The Kier molecular flexibility index (Phi) is 5.34. The number of hydrogen-bond acceptors (Lipinski definition) is 3. The molecule has 3 rings (SSSR count). The molecule has 0 N–H and O–H groups in total. The van der Waals surface area contributed by atoms with Crippen molar-refractivity contribution in [3.8, 4) is 0 Å². The van der Waals surface area contributed by atoms with Crippen LogP contribution in [0.2, 0.25) is 5.02 Å². The molecule has 1 saturated heterocycles. The van der Waals surface area contributed by atoms with Gasteiger partial charge in [-0.1, -0.05) is 23.7 Å². The largest absolute Gasteiger partial charge is 0.376 e. The smallest absolute Gasteiger partial charge is 0.248 e. The van der Waals surface area contributed by atoms with E-state index in [9.17, 15) is 4.79 Å². The van der Waals surface area contributed by atoms with Crippen LogP contribution < -0.4 is 0 Å². The van der Waals surface area contributed by atoms with Gasteiger partial charge in [-0.15, -0.1) is 0 Å². The monoisotopic (exact) mass is 323 g/mol. The second kappa shape index (κ2) is 7.44. The Morgan fingerprint density at radius 3 is 3.14 bits per heavy atom. The molecule has 120 valence electrons. The van der Waals surface area contributed by atoms with E-state index in [1.54, 1.807) is 0 Å². The van der Waals surface area contributed by atoms with Gasteiger partial charge < -0.3 is 14.4 Å². The fourth-order valence-electron chi connectivity index (χ4n) is 3.08. The minimum Gasteiger partial charge on any atom is -0.376 e. The highest BCUT2D eigenvalue weighted by molar-refractivity contribution is 6.31. The first-order valence-electron chi connectivity index (χ1n) is 7.97. The lowest BCUT2D eigenvalue weighted by Gasteiger charge is -2.29. The van der Waals surface area contributed by atoms with Gasteiger partial charge in [-0.05, 0) is 42.9 Å². The molecule has 1 aromatic carbocycles. The molecular formula is C17H22ClNO3. The summed E-state index contributed by atoms with van der Waals surface area (Å²) in [5.74, 6) is 0.0430. The molecule has 2 heterocycles. The van der Waals surface area contributed by atoms with Crippen molar-refractivity contribution in [2.24, 2.45) is 0 Å². The first-order valence-corrected chi connectivity index (χ1v) is 8.35. The summed E-state index contributed by atoms with van der Waals surface area (Å²) in [6, 6.07) is 5.88. The summed E-state index contributed by atoms with van der Waals surface area (Å²) in [5, 5.41) is 0.801. The van der Waals surface area contributed by atoms with Crippen LogP contribution in [0.15, 0.2) is 18.2 Å². The summed E-state index contributed by atoms with van der Waals surface area (Å²) in [5.41, 5.74) is 2.31. The van der Waals surface area contributed by atoms with E-state index in [1.165, 1.54) is 12.0 Å². The van der Waals surface area contributed by atoms with E-state index in [0.29, 0.717) is 19.7 Å². The molecule has 2 aliphatic heterocycles. The molecule has 0 spiro atoms. The second-order valence-corrected chi connectivity index (χ2v) is 6.35. The molecule has 2 aliphatic rings. The predicted molar refractivity (Wildman–Crippen MR) is 85.0 cm³/mol. The van der Waals surface area contributed by atoms with E-state index in [-0.39, 0.29) is 18.6 Å². The minimum absolute atomic E-state index is 0.0430. The Bertz CT molecular complexity index is 529. The summed E-state index contributed by atoms with van der Waals surface area (Å²) < 4.78 is 11.2. The molecule has 0 saturated carbocycles. The fraction of sp³-hybridized carbons (Fsp3) is 0.588. The van der Waals surface area contributed by atoms with E-state index < -0.39 is 0 Å². The van der Waals surface area contributed by atoms with Crippen molar-refractivity contribution < 1.29 is 14.3 Å². The molecule has 22 heavy (non-hydrogen) atoms. The standard InChI is InChI=1S/C17H22ClNO3/c18-16-6-3-4-13-10-19(8-7-15(13)16)17(20)12-21-11-14-5-1-2-9-22-14/h3-4,6,14H,1-2,5,7-12H2/t14-/m0/s1. The number of benzene rings is 1. The predicted octanol–water partition coefficient (Wildman–Crippen LogP) is 2.81. The van der Waals surface area contributed by atoms with E-state index in [0.717, 1.165) is 36.5 Å². The lowest BCUT2D eigenvalue weighted by molar-refractivity contribution is -0.139. The maximum absolute atomic E-state index is 12.3. The van der Waals surface area contributed by atoms with Gasteiger partial charge in [0.15, 0.2) is 0 Å². The van der Waals surface area contributed by atoms with Crippen molar-refractivity contribution >= 4 is 17.5 Å². The first kappa shape index (κ1) is 15.8. The van der Waals surface area contributed by atoms with Gasteiger partial charge in [0.2, 0.25) is 5.91 Å². The highest BCUT2D eigenvalue weighted by Gasteiger charge is 2.22. The van der Waals surface area contributed by atoms with Gasteiger partial charge in [0.25, 0.3) is 0 Å². The van der Waals surface area contributed by atoms with Crippen molar-refractivity contribution in [1.29, 1.82) is 0 Å². The van der Waals surface area contributed by atoms with Gasteiger partial charge in [-0.3, -0.25) is 4.79 Å². The number of hydrogen-bond donors (Lipinski definition) is 0. The van der Waals surface area contributed by atoms with Crippen molar-refractivity contribution in [3.05, 3.63) is 34.3 Å². The molecule has 1 aromatic rings. The molecule has 0 bridgehead atoms. The van der Waals surface area contributed by atoms with Crippen LogP contribution in [0.25, 0.3) is 0 Å². The van der Waals surface area contributed by atoms with E-state index >= 15 is 0 Å². The number of nitrogens with zero attached hydrogens (tertiary/aromatic N) is 1. The zero-order valence-electron chi connectivity index (χ0n) is 12.7. The molecule has 5 heteroatoms. The Hall–Kier alpha value is -1.10. The zero-order valence-corrected chi connectivity index (χ0v) is 13.5. The van der Waals surface area contributed by atoms with Crippen LogP contribution in [-0.2, 0) is 27.2 Å². The highest BCUT2D eigenvalue weighted by Crippen LogP contribution is 2.25. The fourth-order valence-corrected chi connectivity index (χ4v) is 3.37. The van der Waals surface area contributed by atoms with E-state index in [1.807, 2.05) is 23.1 Å². The number of rotatable bonds is 4. The van der Waals surface area contributed by atoms with E-state index in [2.05, 4.69) is 0 Å². The van der Waals surface area contributed by atoms with Gasteiger partial charge in [0.1, 0.15) is 6.61 Å². The lowest BCUT2D eigenvalue weighted by Crippen LogP contribution is -2.39. The molecular weight excluding hydrogens is 302 g/mol. The summed E-state index contributed by atoms with van der Waals surface area (Å²) >= 11 is 6.20. The molecule has 0 aromatic heterocycles. The Morgan fingerprint density at radius 2 is 2.32 bits per heavy atom. The Labute approximate surface area is 136 Å². The first-order chi connectivity index (χ1) is 10.7. The summed E-state index contributed by atoms with van der Waals surface area (Å²) in [6.07, 6.45) is 4.31. The number of ether oxygens (including phenoxy) is 2. The number of carbonyl (C=O) groups excluding carboxylic acids is 1. The third-order valence-electron chi connectivity index (χ3n) is 4.36. The third-order valence-corrected chi connectivity index (χ3v) is 4.72. The van der Waals surface area contributed by atoms with Crippen molar-refractivity contribution in [3.63, 3.8) is 0 Å². The van der Waals surface area contributed by atoms with Crippen LogP contribution in [0.5, 0.6) is 0 Å². The van der Waals surface area contributed by atoms with Crippen LogP contribution in [0.4, 0.5) is 0 Å². The van der Waals surface area contributed by atoms with Gasteiger partial charge in [-0.25, -0.2) is 0 Å². The second-order valence-electron chi connectivity index (χ2n) is 5.95. The minimum atomic E-state index is 0.0430. The molecule has 1 amide bonds. The number of halogens is 1. The summed E-state index contributed by atoms with van der Waals surface area (Å²) in [7, 11) is 0. The average molecular weight is 324 g/mol. The number of amides is 1. The van der Waals surface area contributed by atoms with Gasteiger partial charge in [-0.2, -0.15) is 0 Å². The van der Waals surface area contributed by atoms with Crippen molar-refractivity contribution in [2.45, 2.75) is 38.3 Å². The Balaban J connectivity index is 1.47. The summed E-state index contributed by atoms with van der Waals surface area (Å²) in [4.78, 5) is 14.1. The SMILES string of the molecule is O=C(COC[C@@H]1CCCCO1)N1CCc2c(Cl)cccc2C1. The third kappa shape index (κ3) is 3.80. The van der Waals surface area contributed by atoms with Crippen LogP contribution in [-0.4, -0.2) is 43.3 Å². The van der Waals surface area contributed by atoms with Gasteiger partial charge >= 0.3 is 0 Å². The molecule has 0 radical (unpaired) electrons. The highest BCUT2D eigenvalue weighted by atomic mass is 35.5. The van der Waals surface area contributed by atoms with E-state index in [4.69, 9.17) is 21.1 Å².